The molecule has 0 aliphatic rings. The molecule has 48 heavy (non-hydrogen) atoms. The first-order valence-corrected chi connectivity index (χ1v) is 19.4. The van der Waals surface area contributed by atoms with Crippen LogP contribution >= 0.6 is 0 Å². The van der Waals surface area contributed by atoms with E-state index in [0.29, 0.717) is 19.3 Å². The van der Waals surface area contributed by atoms with Crippen LogP contribution in [0.5, 0.6) is 0 Å². The largest absolute Gasteiger partial charge is 0.477 e. The van der Waals surface area contributed by atoms with Crippen molar-refractivity contribution in [3.05, 3.63) is 24.3 Å². The maximum Gasteiger partial charge on any atom is 0.362 e. The monoisotopic (exact) mass is 681 g/mol. The van der Waals surface area contributed by atoms with E-state index >= 15 is 0 Å². The van der Waals surface area contributed by atoms with Gasteiger partial charge in [-0.3, -0.25) is 9.59 Å². The maximum atomic E-state index is 12.6. The Labute approximate surface area is 294 Å². The van der Waals surface area contributed by atoms with Crippen LogP contribution in [0.15, 0.2) is 24.3 Å². The quantitative estimate of drug-likeness (QED) is 0.0313. The number of carboxylic acid groups (broad SMARTS) is 1. The van der Waals surface area contributed by atoms with Crippen LogP contribution in [0.25, 0.3) is 0 Å². The van der Waals surface area contributed by atoms with E-state index in [2.05, 4.69) is 38.2 Å². The number of hydrogen-bond donors (Lipinski definition) is 1. The van der Waals surface area contributed by atoms with Gasteiger partial charge in [-0.25, -0.2) is 4.79 Å². The molecule has 280 valence electrons. The molecule has 0 saturated heterocycles. The summed E-state index contributed by atoms with van der Waals surface area (Å²) >= 11 is 0. The molecule has 0 radical (unpaired) electrons. The number of likely N-dealkylation sites (N-methyl/N-ethyl adjacent to an activating group) is 1. The Bertz CT molecular complexity index is 849. The first kappa shape index (κ1) is 45.8. The highest BCUT2D eigenvalue weighted by Crippen LogP contribution is 2.14. The fourth-order valence-electron chi connectivity index (χ4n) is 5.60. The molecule has 0 aromatic rings. The molecule has 8 nitrogen and oxygen atoms in total. The van der Waals surface area contributed by atoms with Gasteiger partial charge in [0, 0.05) is 19.3 Å². The number of quaternary nitrogens is 1. The molecule has 0 heterocycles. The first-order chi connectivity index (χ1) is 23.1. The Morgan fingerprint density at radius 1 is 0.646 bits per heavy atom. The number of carboxylic acids is 1. The zero-order chi connectivity index (χ0) is 35.7. The molecule has 0 saturated carbocycles. The van der Waals surface area contributed by atoms with Gasteiger partial charge in [0.25, 0.3) is 0 Å². The van der Waals surface area contributed by atoms with Crippen molar-refractivity contribution < 1.29 is 38.2 Å². The molecule has 0 bridgehead atoms. The smallest absolute Gasteiger partial charge is 0.362 e. The molecule has 0 aromatic heterocycles. The Kier molecular flexibility index (Phi) is 30.6. The summed E-state index contributed by atoms with van der Waals surface area (Å²) < 4.78 is 17.2. The van der Waals surface area contributed by atoms with Crippen LogP contribution in [0.2, 0.25) is 0 Å². The van der Waals surface area contributed by atoms with E-state index in [1.54, 1.807) is 0 Å². The van der Waals surface area contributed by atoms with Crippen molar-refractivity contribution in [3.63, 3.8) is 0 Å². The van der Waals surface area contributed by atoms with Gasteiger partial charge < -0.3 is 23.8 Å². The lowest BCUT2D eigenvalue weighted by molar-refractivity contribution is -0.887. The second-order valence-corrected chi connectivity index (χ2v) is 14.2. The molecular weight excluding hydrogens is 606 g/mol. The summed E-state index contributed by atoms with van der Waals surface area (Å²) in [5, 5.41) is 9.57. The minimum Gasteiger partial charge on any atom is -0.477 e. The summed E-state index contributed by atoms with van der Waals surface area (Å²) in [7, 11) is 5.51. The van der Waals surface area contributed by atoms with Gasteiger partial charge in [0.15, 0.2) is 12.1 Å². The SMILES string of the molecule is CC/C=C/C/C=C/CCCCCCCCCC(=O)OCC(COCCC(C(=O)O)[N+](C)(C)C)OC(=O)CCCCCCCCCCCC. The Balaban J connectivity index is 4.39. The zero-order valence-electron chi connectivity index (χ0n) is 31.7. The normalized spacial score (nSPS) is 13.3. The molecule has 0 rings (SSSR count). The average Bonchev–Trinajstić information content (AvgIpc) is 3.03. The van der Waals surface area contributed by atoms with E-state index in [0.717, 1.165) is 57.8 Å². The molecule has 0 fully saturated rings. The van der Waals surface area contributed by atoms with Gasteiger partial charge in [-0.2, -0.15) is 0 Å². The summed E-state index contributed by atoms with van der Waals surface area (Å²) in [4.78, 5) is 36.7. The summed E-state index contributed by atoms with van der Waals surface area (Å²) in [6.07, 6.45) is 32.2. The van der Waals surface area contributed by atoms with Gasteiger partial charge in [-0.1, -0.05) is 128 Å². The fourth-order valence-corrected chi connectivity index (χ4v) is 5.60. The van der Waals surface area contributed by atoms with E-state index in [1.807, 2.05) is 21.1 Å². The summed E-state index contributed by atoms with van der Waals surface area (Å²) in [5.74, 6) is -1.48. The number of unbranched alkanes of at least 4 members (excludes halogenated alkanes) is 16. The predicted octanol–water partition coefficient (Wildman–Crippen LogP) is 9.74. The minimum absolute atomic E-state index is 0.0519. The van der Waals surface area contributed by atoms with Crippen molar-refractivity contribution in [1.82, 2.24) is 0 Å². The van der Waals surface area contributed by atoms with Crippen LogP contribution in [-0.4, -0.2) is 80.6 Å². The number of esters is 2. The standard InChI is InChI=1S/C40H73NO7/c1-6-8-10-12-14-16-18-19-20-21-23-24-26-28-30-38(42)47-35-36(34-46-33-32-37(40(44)45)41(3,4)5)48-39(43)31-29-27-25-22-17-15-13-11-9-7-2/h8,10,14,16,36-37H,6-7,9,11-13,15,17-35H2,1-5H3/p+1/b10-8+,16-14+. The molecule has 0 aliphatic carbocycles. The highest BCUT2D eigenvalue weighted by atomic mass is 16.6. The van der Waals surface area contributed by atoms with Crippen LogP contribution in [0, 0.1) is 0 Å². The number of ether oxygens (including phenoxy) is 3. The highest BCUT2D eigenvalue weighted by molar-refractivity contribution is 5.72. The third-order valence-electron chi connectivity index (χ3n) is 8.62. The number of hydrogen-bond acceptors (Lipinski definition) is 6. The number of carbonyl (C=O) groups excluding carboxylic acids is 2. The topological polar surface area (TPSA) is 99.1 Å². The van der Waals surface area contributed by atoms with Crippen LogP contribution in [0.4, 0.5) is 0 Å². The Morgan fingerprint density at radius 2 is 1.17 bits per heavy atom. The lowest BCUT2D eigenvalue weighted by Gasteiger charge is -2.31. The molecule has 0 aliphatic heterocycles. The summed E-state index contributed by atoms with van der Waals surface area (Å²) in [6.45, 7) is 4.60. The molecule has 0 spiro atoms. The van der Waals surface area contributed by atoms with Crippen LogP contribution in [-0.2, 0) is 28.6 Å². The van der Waals surface area contributed by atoms with Crippen molar-refractivity contribution in [2.24, 2.45) is 0 Å². The Hall–Kier alpha value is -2.19. The van der Waals surface area contributed by atoms with Crippen molar-refractivity contribution in [1.29, 1.82) is 0 Å². The highest BCUT2D eigenvalue weighted by Gasteiger charge is 2.31. The molecule has 2 atom stereocenters. The molecule has 1 N–H and O–H groups in total. The van der Waals surface area contributed by atoms with Crippen LogP contribution in [0.3, 0.4) is 0 Å². The van der Waals surface area contributed by atoms with E-state index in [1.165, 1.54) is 70.6 Å². The number of carbonyl (C=O) groups is 3. The summed E-state index contributed by atoms with van der Waals surface area (Å²) in [6, 6.07) is -0.611. The molecule has 2 unspecified atom stereocenters. The minimum atomic E-state index is -0.876. The van der Waals surface area contributed by atoms with Gasteiger partial charge in [-0.15, -0.1) is 0 Å². The predicted molar refractivity (Wildman–Crippen MR) is 197 cm³/mol. The van der Waals surface area contributed by atoms with Gasteiger partial charge in [0.1, 0.15) is 6.61 Å². The van der Waals surface area contributed by atoms with Crippen LogP contribution in [0.1, 0.15) is 162 Å². The van der Waals surface area contributed by atoms with Crippen molar-refractivity contribution in [2.75, 3.05) is 41.0 Å². The number of allylic oxidation sites excluding steroid dienone is 4. The van der Waals surface area contributed by atoms with Crippen molar-refractivity contribution >= 4 is 17.9 Å². The van der Waals surface area contributed by atoms with Gasteiger partial charge in [0.05, 0.1) is 34.4 Å². The van der Waals surface area contributed by atoms with E-state index in [9.17, 15) is 19.5 Å². The molecule has 0 amide bonds. The number of nitrogens with zero attached hydrogens (tertiary/aromatic N) is 1. The Morgan fingerprint density at radius 3 is 1.71 bits per heavy atom. The van der Waals surface area contributed by atoms with Gasteiger partial charge in [0.2, 0.25) is 0 Å². The summed E-state index contributed by atoms with van der Waals surface area (Å²) in [5.41, 5.74) is 0. The molecule has 8 heteroatoms. The van der Waals surface area contributed by atoms with Crippen molar-refractivity contribution in [3.8, 4) is 0 Å². The molecular formula is C40H74NO7+. The second kappa shape index (κ2) is 32.0. The third kappa shape index (κ3) is 29.9. The number of rotatable bonds is 34. The van der Waals surface area contributed by atoms with E-state index < -0.39 is 18.1 Å². The van der Waals surface area contributed by atoms with E-state index in [-0.39, 0.29) is 36.2 Å². The lowest BCUT2D eigenvalue weighted by atomic mass is 10.1. The fraction of sp³-hybridized carbons (Fsp3) is 0.825. The maximum absolute atomic E-state index is 12.6. The zero-order valence-corrected chi connectivity index (χ0v) is 31.7. The lowest BCUT2D eigenvalue weighted by Crippen LogP contribution is -2.50. The van der Waals surface area contributed by atoms with Crippen molar-refractivity contribution in [2.45, 2.75) is 174 Å². The van der Waals surface area contributed by atoms with Gasteiger partial charge >= 0.3 is 17.9 Å². The van der Waals surface area contributed by atoms with Crippen LogP contribution < -0.4 is 0 Å². The average molecular weight is 681 g/mol. The first-order valence-electron chi connectivity index (χ1n) is 19.4. The second-order valence-electron chi connectivity index (χ2n) is 14.2. The third-order valence-corrected chi connectivity index (χ3v) is 8.62. The molecule has 0 aromatic carbocycles. The number of aliphatic carboxylic acids is 1. The van der Waals surface area contributed by atoms with Gasteiger partial charge in [-0.05, 0) is 38.5 Å². The van der Waals surface area contributed by atoms with E-state index in [4.69, 9.17) is 14.2 Å².